The first-order valence-electron chi connectivity index (χ1n) is 16.0. The third kappa shape index (κ3) is 12.1. The molecule has 0 aromatic rings. The monoisotopic (exact) mass is 594 g/mol. The summed E-state index contributed by atoms with van der Waals surface area (Å²) >= 11 is 0. The molecule has 2 aliphatic carbocycles. The average molecular weight is 595 g/mol. The Balaban J connectivity index is 0.000000326. The quantitative estimate of drug-likeness (QED) is 0.115. The molecule has 0 aromatic heterocycles. The van der Waals surface area contributed by atoms with Crippen LogP contribution in [0.1, 0.15) is 120 Å². The van der Waals surface area contributed by atoms with Crippen LogP contribution < -0.4 is 0 Å². The molecule has 3 rings (SSSR count). The smallest absolute Gasteiger partial charge is 0.508 e. The summed E-state index contributed by atoms with van der Waals surface area (Å²) in [5.74, 6) is 0.781. The topological polar surface area (TPSA) is 85.2 Å². The Morgan fingerprint density at radius 1 is 0.902 bits per heavy atom. The number of aliphatic hydroxyl groups is 2. The third-order valence-corrected chi connectivity index (χ3v) is 12.1. The maximum absolute atomic E-state index is 10.3. The van der Waals surface area contributed by atoms with E-state index in [9.17, 15) is 15.0 Å². The van der Waals surface area contributed by atoms with Crippen molar-refractivity contribution in [3.8, 4) is 0 Å². The van der Waals surface area contributed by atoms with Gasteiger partial charge in [0.05, 0.1) is 29.7 Å². The Labute approximate surface area is 253 Å². The second kappa shape index (κ2) is 18.4. The summed E-state index contributed by atoms with van der Waals surface area (Å²) in [7, 11) is -2.62. The van der Waals surface area contributed by atoms with Gasteiger partial charge < -0.3 is 28.3 Å². The van der Waals surface area contributed by atoms with Crippen LogP contribution in [0.25, 0.3) is 0 Å². The highest BCUT2D eigenvalue weighted by atomic mass is 28.4. The number of carbonyl (C=O) groups excluding carboxylic acids is 1. The van der Waals surface area contributed by atoms with Crippen LogP contribution in [0.15, 0.2) is 37.1 Å². The van der Waals surface area contributed by atoms with E-state index in [0.717, 1.165) is 32.0 Å². The number of aliphatic hydroxyl groups excluding tert-OH is 2. The number of aldehydes is 1. The van der Waals surface area contributed by atoms with Crippen molar-refractivity contribution in [1.82, 2.24) is 0 Å². The fourth-order valence-corrected chi connectivity index (χ4v) is 8.97. The van der Waals surface area contributed by atoms with Gasteiger partial charge in [0.1, 0.15) is 6.29 Å². The van der Waals surface area contributed by atoms with Gasteiger partial charge in [-0.3, -0.25) is 0 Å². The van der Waals surface area contributed by atoms with E-state index in [1.54, 1.807) is 12.3 Å². The second-order valence-electron chi connectivity index (χ2n) is 13.1. The standard InChI is InChI=1S/C14H26O2.C13H24O3Si.C7H12O/c1-4-10(2)13(15)11(3)14(16)12-8-6-5-7-9-12;1-7-9-11-17(14-10-8-2)15-12(3,4)13(5,6)16-17;8-6-7-4-2-1-3-5-7/h4,10-16H,1,5-9H2,2-3H3;7-10H,11H2,1-6H3;6-7H,1-5H2/b;9-7+,10-8+;/t10-,11+,13+,14-;;/m0../s1. The van der Waals surface area contributed by atoms with Gasteiger partial charge >= 0.3 is 8.80 Å². The maximum atomic E-state index is 10.3. The first-order chi connectivity index (χ1) is 19.3. The van der Waals surface area contributed by atoms with E-state index >= 15 is 0 Å². The van der Waals surface area contributed by atoms with Gasteiger partial charge in [0.2, 0.25) is 0 Å². The zero-order valence-corrected chi connectivity index (χ0v) is 28.4. The largest absolute Gasteiger partial charge is 0.570 e. The van der Waals surface area contributed by atoms with Crippen LogP contribution >= 0.6 is 0 Å². The molecule has 238 valence electrons. The summed E-state index contributed by atoms with van der Waals surface area (Å²) in [6.07, 6.45) is 21.7. The molecule has 0 bridgehead atoms. The van der Waals surface area contributed by atoms with Crippen molar-refractivity contribution in [2.24, 2.45) is 23.7 Å². The molecule has 3 aliphatic rings. The van der Waals surface area contributed by atoms with Gasteiger partial charge in [-0.25, -0.2) is 0 Å². The van der Waals surface area contributed by atoms with Crippen molar-refractivity contribution in [2.45, 2.75) is 149 Å². The van der Waals surface area contributed by atoms with E-state index in [1.807, 2.05) is 45.9 Å². The lowest BCUT2D eigenvalue weighted by atomic mass is 9.77. The summed E-state index contributed by atoms with van der Waals surface area (Å²) in [5, 5.41) is 20.3. The molecule has 0 radical (unpaired) electrons. The lowest BCUT2D eigenvalue weighted by molar-refractivity contribution is -0.111. The molecule has 0 spiro atoms. The molecular formula is C34H62O6Si. The molecule has 41 heavy (non-hydrogen) atoms. The number of carbonyl (C=O) groups is 1. The summed E-state index contributed by atoms with van der Waals surface area (Å²) in [5.41, 5.74) is -0.662. The highest BCUT2D eigenvalue weighted by molar-refractivity contribution is 6.62. The Hall–Kier alpha value is -1.25. The van der Waals surface area contributed by atoms with E-state index in [2.05, 4.69) is 34.3 Å². The van der Waals surface area contributed by atoms with Gasteiger partial charge in [-0.1, -0.05) is 76.7 Å². The molecule has 2 saturated carbocycles. The molecular weight excluding hydrogens is 532 g/mol. The van der Waals surface area contributed by atoms with Gasteiger partial charge in [-0.05, 0) is 73.1 Å². The number of hydrogen-bond acceptors (Lipinski definition) is 6. The van der Waals surface area contributed by atoms with Gasteiger partial charge in [0.25, 0.3) is 0 Å². The summed E-state index contributed by atoms with van der Waals surface area (Å²) < 4.78 is 18.1. The van der Waals surface area contributed by atoms with E-state index in [0.29, 0.717) is 17.9 Å². The minimum Gasteiger partial charge on any atom is -0.508 e. The van der Waals surface area contributed by atoms with E-state index < -0.39 is 14.9 Å². The van der Waals surface area contributed by atoms with Crippen molar-refractivity contribution in [1.29, 1.82) is 0 Å². The Morgan fingerprint density at radius 3 is 1.83 bits per heavy atom. The summed E-state index contributed by atoms with van der Waals surface area (Å²) in [4.78, 5) is 10.2. The lowest BCUT2D eigenvalue weighted by Gasteiger charge is -2.34. The van der Waals surface area contributed by atoms with Crippen molar-refractivity contribution in [2.75, 3.05) is 0 Å². The van der Waals surface area contributed by atoms with Crippen molar-refractivity contribution in [3.05, 3.63) is 37.1 Å². The van der Waals surface area contributed by atoms with Crippen molar-refractivity contribution >= 4 is 15.1 Å². The molecule has 1 aliphatic heterocycles. The lowest BCUT2D eigenvalue weighted by Crippen LogP contribution is -2.41. The van der Waals surface area contributed by atoms with Crippen LogP contribution in [0.4, 0.5) is 0 Å². The molecule has 6 nitrogen and oxygen atoms in total. The van der Waals surface area contributed by atoms with E-state index in [4.69, 9.17) is 13.3 Å². The molecule has 0 amide bonds. The normalized spacial score (nSPS) is 25.2. The predicted molar refractivity (Wildman–Crippen MR) is 171 cm³/mol. The van der Waals surface area contributed by atoms with Crippen LogP contribution in [0, 0.1) is 23.7 Å². The first kappa shape index (κ1) is 37.8. The van der Waals surface area contributed by atoms with Gasteiger partial charge in [0, 0.05) is 23.8 Å². The van der Waals surface area contributed by atoms with Crippen LogP contribution in [-0.4, -0.2) is 48.7 Å². The summed E-state index contributed by atoms with van der Waals surface area (Å²) in [6, 6.07) is 0.709. The fraction of sp³-hybridized carbons (Fsp3) is 0.794. The minimum absolute atomic E-state index is 0.0493. The number of allylic oxidation sites excluding steroid dienone is 3. The highest BCUT2D eigenvalue weighted by Gasteiger charge is 2.62. The molecule has 4 atom stereocenters. The van der Waals surface area contributed by atoms with Gasteiger partial charge in [-0.15, -0.1) is 6.58 Å². The minimum atomic E-state index is -2.62. The zero-order valence-electron chi connectivity index (χ0n) is 27.4. The van der Waals surface area contributed by atoms with Crippen LogP contribution in [0.3, 0.4) is 0 Å². The Morgan fingerprint density at radius 2 is 1.41 bits per heavy atom. The molecule has 7 heteroatoms. The second-order valence-corrected chi connectivity index (χ2v) is 15.6. The summed E-state index contributed by atoms with van der Waals surface area (Å²) in [6.45, 7) is 19.7. The van der Waals surface area contributed by atoms with Crippen LogP contribution in [-0.2, 0) is 18.1 Å². The Kier molecular flexibility index (Phi) is 17.0. The van der Waals surface area contributed by atoms with Crippen molar-refractivity contribution in [3.63, 3.8) is 0 Å². The average Bonchev–Trinajstić information content (AvgIpc) is 3.17. The molecule has 0 aromatic carbocycles. The molecule has 0 unspecified atom stereocenters. The number of hydrogen-bond donors (Lipinski definition) is 2. The molecule has 1 saturated heterocycles. The van der Waals surface area contributed by atoms with Gasteiger partial charge in [-0.2, -0.15) is 0 Å². The van der Waals surface area contributed by atoms with E-state index in [1.165, 1.54) is 38.5 Å². The maximum Gasteiger partial charge on any atom is 0.570 e. The van der Waals surface area contributed by atoms with Crippen LogP contribution in [0.2, 0.25) is 6.04 Å². The highest BCUT2D eigenvalue weighted by Crippen LogP contribution is 2.43. The molecule has 3 fully saturated rings. The fourth-order valence-electron chi connectivity index (χ4n) is 5.65. The third-order valence-electron chi connectivity index (χ3n) is 9.22. The van der Waals surface area contributed by atoms with Crippen molar-refractivity contribution < 1.29 is 28.3 Å². The van der Waals surface area contributed by atoms with E-state index in [-0.39, 0.29) is 29.1 Å². The molecule has 1 heterocycles. The Bertz CT molecular complexity index is 763. The van der Waals surface area contributed by atoms with Gasteiger partial charge in [0.15, 0.2) is 0 Å². The van der Waals surface area contributed by atoms with Crippen LogP contribution in [0.5, 0.6) is 0 Å². The zero-order chi connectivity index (χ0) is 31.1. The SMILES string of the molecule is C/C=C/C[Si]1(O/C=C/C)OC(C)(C)C(C)(C)O1.C=C[C@H](C)[C@@H](O)[C@@H](C)[C@H](O)C1CCCCC1.O=CC1CCCCC1. The predicted octanol–water partition coefficient (Wildman–Crippen LogP) is 8.17. The first-order valence-corrected chi connectivity index (χ1v) is 18.0. The number of rotatable bonds is 10. The molecule has 2 N–H and O–H groups in total.